The number of ether oxygens (including phenoxy) is 2. The van der Waals surface area contributed by atoms with Crippen molar-refractivity contribution >= 4 is 11.6 Å². The van der Waals surface area contributed by atoms with Gasteiger partial charge in [-0.25, -0.2) is 0 Å². The molecule has 0 bridgehead atoms. The standard InChI is InChI=1S/C19H19N9O3/c1-12-4-5-16(17(6-12)27-11-20-24-26-27)19-22-25-28(23-19)10-18(29)21-13-7-14(30-2)9-15(8-13)31-3/h4-9,11H,10H2,1-3H3,(H,21,29). The van der Waals surface area contributed by atoms with Crippen LogP contribution < -0.4 is 14.8 Å². The number of methoxy groups -OCH3 is 2. The van der Waals surface area contributed by atoms with Crippen LogP contribution in [0.1, 0.15) is 5.56 Å². The second-order valence-corrected chi connectivity index (χ2v) is 6.57. The molecule has 158 valence electrons. The molecule has 2 aromatic carbocycles. The maximum absolute atomic E-state index is 12.5. The van der Waals surface area contributed by atoms with Gasteiger partial charge in [0.25, 0.3) is 0 Å². The molecule has 1 N–H and O–H groups in total. The minimum absolute atomic E-state index is 0.126. The van der Waals surface area contributed by atoms with E-state index in [4.69, 9.17) is 9.47 Å². The van der Waals surface area contributed by atoms with Gasteiger partial charge in [-0.3, -0.25) is 4.79 Å². The van der Waals surface area contributed by atoms with Crippen LogP contribution in [0.4, 0.5) is 5.69 Å². The van der Waals surface area contributed by atoms with Gasteiger partial charge in [0, 0.05) is 29.4 Å². The SMILES string of the molecule is COc1cc(NC(=O)Cn2nnc(-c3ccc(C)cc3-n3cnnn3)n2)cc(OC)c1. The van der Waals surface area contributed by atoms with E-state index in [1.807, 2.05) is 25.1 Å². The largest absolute Gasteiger partial charge is 0.497 e. The average Bonchev–Trinajstić information content (AvgIpc) is 3.45. The van der Waals surface area contributed by atoms with Gasteiger partial charge in [0.2, 0.25) is 11.7 Å². The molecule has 0 atom stereocenters. The van der Waals surface area contributed by atoms with Crippen LogP contribution in [-0.2, 0) is 11.3 Å². The number of tetrazole rings is 2. The topological polar surface area (TPSA) is 135 Å². The van der Waals surface area contributed by atoms with E-state index in [1.165, 1.54) is 30.0 Å². The minimum atomic E-state index is -0.330. The Morgan fingerprint density at radius 1 is 1.06 bits per heavy atom. The Morgan fingerprint density at radius 3 is 2.52 bits per heavy atom. The third-order valence-corrected chi connectivity index (χ3v) is 4.36. The Bertz CT molecular complexity index is 1180. The number of nitrogens with one attached hydrogen (secondary N) is 1. The van der Waals surface area contributed by atoms with Gasteiger partial charge in [-0.2, -0.15) is 9.48 Å². The van der Waals surface area contributed by atoms with Crippen molar-refractivity contribution in [1.82, 2.24) is 40.4 Å². The minimum Gasteiger partial charge on any atom is -0.497 e. The first-order valence-corrected chi connectivity index (χ1v) is 9.21. The molecule has 0 aliphatic heterocycles. The van der Waals surface area contributed by atoms with Crippen LogP contribution in [0.15, 0.2) is 42.7 Å². The summed E-state index contributed by atoms with van der Waals surface area (Å²) in [6.07, 6.45) is 1.48. The Morgan fingerprint density at radius 2 is 1.84 bits per heavy atom. The van der Waals surface area contributed by atoms with Gasteiger partial charge < -0.3 is 14.8 Å². The van der Waals surface area contributed by atoms with Gasteiger partial charge in [-0.15, -0.1) is 15.3 Å². The smallest absolute Gasteiger partial charge is 0.248 e. The van der Waals surface area contributed by atoms with E-state index in [9.17, 15) is 4.79 Å². The van der Waals surface area contributed by atoms with Crippen molar-refractivity contribution in [3.05, 3.63) is 48.3 Å². The van der Waals surface area contributed by atoms with Crippen LogP contribution in [0.5, 0.6) is 11.5 Å². The van der Waals surface area contributed by atoms with Crippen molar-refractivity contribution in [2.24, 2.45) is 0 Å². The van der Waals surface area contributed by atoms with Crippen molar-refractivity contribution in [3.8, 4) is 28.6 Å². The van der Waals surface area contributed by atoms with E-state index in [2.05, 4.69) is 36.3 Å². The number of aryl methyl sites for hydroxylation is 1. The second-order valence-electron chi connectivity index (χ2n) is 6.57. The molecule has 31 heavy (non-hydrogen) atoms. The summed E-state index contributed by atoms with van der Waals surface area (Å²) in [5.74, 6) is 1.14. The summed E-state index contributed by atoms with van der Waals surface area (Å²) in [6.45, 7) is 1.83. The summed E-state index contributed by atoms with van der Waals surface area (Å²) in [5.41, 5.74) is 2.94. The van der Waals surface area contributed by atoms with Crippen LogP contribution in [0, 0.1) is 6.92 Å². The van der Waals surface area contributed by atoms with Crippen LogP contribution in [0.25, 0.3) is 17.1 Å². The van der Waals surface area contributed by atoms with Gasteiger partial charge in [0.05, 0.1) is 19.9 Å². The molecule has 0 radical (unpaired) electrons. The molecular weight excluding hydrogens is 402 g/mol. The zero-order chi connectivity index (χ0) is 21.8. The van der Waals surface area contributed by atoms with E-state index in [0.29, 0.717) is 34.3 Å². The first kappa shape index (κ1) is 19.9. The fourth-order valence-corrected chi connectivity index (χ4v) is 2.92. The van der Waals surface area contributed by atoms with Crippen LogP contribution in [0.3, 0.4) is 0 Å². The van der Waals surface area contributed by atoms with Gasteiger partial charge >= 0.3 is 0 Å². The summed E-state index contributed by atoms with van der Waals surface area (Å²) in [6, 6.07) is 10.8. The van der Waals surface area contributed by atoms with E-state index in [0.717, 1.165) is 5.56 Å². The maximum Gasteiger partial charge on any atom is 0.248 e. The fourth-order valence-electron chi connectivity index (χ4n) is 2.92. The second kappa shape index (κ2) is 8.57. The van der Waals surface area contributed by atoms with Crippen molar-refractivity contribution in [2.75, 3.05) is 19.5 Å². The highest BCUT2D eigenvalue weighted by Gasteiger charge is 2.15. The molecule has 0 fully saturated rings. The molecule has 0 saturated carbocycles. The monoisotopic (exact) mass is 421 g/mol. The number of hydrogen-bond acceptors (Lipinski definition) is 9. The summed E-state index contributed by atoms with van der Waals surface area (Å²) in [5, 5.41) is 26.5. The molecule has 0 spiro atoms. The highest BCUT2D eigenvalue weighted by molar-refractivity contribution is 5.90. The highest BCUT2D eigenvalue weighted by atomic mass is 16.5. The fraction of sp³-hybridized carbons (Fsp3) is 0.211. The van der Waals surface area contributed by atoms with E-state index >= 15 is 0 Å². The lowest BCUT2D eigenvalue weighted by atomic mass is 10.1. The third-order valence-electron chi connectivity index (χ3n) is 4.36. The molecule has 4 rings (SSSR count). The van der Waals surface area contributed by atoms with E-state index in [1.54, 1.807) is 18.2 Å². The molecule has 12 heteroatoms. The highest BCUT2D eigenvalue weighted by Crippen LogP contribution is 2.26. The molecule has 2 heterocycles. The molecule has 2 aromatic heterocycles. The van der Waals surface area contributed by atoms with Gasteiger partial charge in [-0.05, 0) is 40.3 Å². The molecule has 0 saturated heterocycles. The third kappa shape index (κ3) is 4.47. The zero-order valence-electron chi connectivity index (χ0n) is 17.1. The lowest BCUT2D eigenvalue weighted by Gasteiger charge is -2.09. The number of rotatable bonds is 7. The molecule has 12 nitrogen and oxygen atoms in total. The van der Waals surface area contributed by atoms with Crippen molar-refractivity contribution in [2.45, 2.75) is 13.5 Å². The number of carbonyl (C=O) groups is 1. The van der Waals surface area contributed by atoms with Crippen molar-refractivity contribution < 1.29 is 14.3 Å². The lowest BCUT2D eigenvalue weighted by Crippen LogP contribution is -2.20. The Balaban J connectivity index is 1.52. The van der Waals surface area contributed by atoms with Crippen LogP contribution >= 0.6 is 0 Å². The number of amides is 1. The summed E-state index contributed by atoms with van der Waals surface area (Å²) in [7, 11) is 3.08. The Kier molecular flexibility index (Phi) is 5.51. The van der Waals surface area contributed by atoms with Gasteiger partial charge in [-0.1, -0.05) is 6.07 Å². The maximum atomic E-state index is 12.5. The predicted molar refractivity (Wildman–Crippen MR) is 109 cm³/mol. The number of aromatic nitrogens is 8. The lowest BCUT2D eigenvalue weighted by molar-refractivity contribution is -0.117. The van der Waals surface area contributed by atoms with Crippen molar-refractivity contribution in [1.29, 1.82) is 0 Å². The molecule has 1 amide bonds. The summed E-state index contributed by atoms with van der Waals surface area (Å²) < 4.78 is 11.9. The molecule has 0 aliphatic rings. The zero-order valence-corrected chi connectivity index (χ0v) is 17.1. The quantitative estimate of drug-likeness (QED) is 0.468. The number of hydrogen-bond donors (Lipinski definition) is 1. The van der Waals surface area contributed by atoms with Crippen LogP contribution in [0.2, 0.25) is 0 Å². The normalized spacial score (nSPS) is 10.7. The number of nitrogens with zero attached hydrogens (tertiary/aromatic N) is 8. The average molecular weight is 421 g/mol. The molecule has 0 aliphatic carbocycles. The first-order valence-electron chi connectivity index (χ1n) is 9.21. The Labute approximate surface area is 176 Å². The van der Waals surface area contributed by atoms with Crippen molar-refractivity contribution in [3.63, 3.8) is 0 Å². The molecular formula is C19H19N9O3. The number of benzene rings is 2. The van der Waals surface area contributed by atoms with E-state index < -0.39 is 0 Å². The van der Waals surface area contributed by atoms with Gasteiger partial charge in [0.1, 0.15) is 24.4 Å². The predicted octanol–water partition coefficient (Wildman–Crippen LogP) is 1.28. The van der Waals surface area contributed by atoms with Gasteiger partial charge in [0.15, 0.2) is 0 Å². The molecule has 4 aromatic rings. The summed E-state index contributed by atoms with van der Waals surface area (Å²) >= 11 is 0. The first-order chi connectivity index (χ1) is 15.1. The number of anilines is 1. The summed E-state index contributed by atoms with van der Waals surface area (Å²) in [4.78, 5) is 13.7. The van der Waals surface area contributed by atoms with Crippen LogP contribution in [-0.4, -0.2) is 60.5 Å². The molecule has 0 unspecified atom stereocenters. The van der Waals surface area contributed by atoms with E-state index in [-0.39, 0.29) is 12.5 Å². The Hall–Kier alpha value is -4.35. The number of carbonyl (C=O) groups excluding carboxylic acids is 1.